The number of carbonyl (C=O) groups is 1. The number of aryl methyl sites for hydroxylation is 2. The van der Waals surface area contributed by atoms with Gasteiger partial charge in [-0.25, -0.2) is 4.98 Å². The fraction of sp³-hybridized carbons (Fsp3) is 0.286. The van der Waals surface area contributed by atoms with E-state index in [4.69, 9.17) is 4.42 Å². The Hall–Kier alpha value is -1.62. The summed E-state index contributed by atoms with van der Waals surface area (Å²) in [7, 11) is 0. The zero-order chi connectivity index (χ0) is 13.8. The maximum Gasteiger partial charge on any atom is 0.252 e. The minimum atomic E-state index is -0.0960. The molecule has 0 aliphatic heterocycles. The van der Waals surface area contributed by atoms with Crippen LogP contribution in [-0.2, 0) is 6.42 Å². The van der Waals surface area contributed by atoms with Crippen molar-refractivity contribution in [3.8, 4) is 0 Å². The fourth-order valence-corrected chi connectivity index (χ4v) is 2.30. The number of oxazole rings is 1. The van der Waals surface area contributed by atoms with Crippen LogP contribution in [0.5, 0.6) is 0 Å². The summed E-state index contributed by atoms with van der Waals surface area (Å²) in [4.78, 5) is 16.2. The Labute approximate surface area is 120 Å². The molecule has 1 aromatic carbocycles. The number of hydrogen-bond donors (Lipinski definition) is 1. The van der Waals surface area contributed by atoms with Gasteiger partial charge in [-0.2, -0.15) is 0 Å². The smallest absolute Gasteiger partial charge is 0.252 e. The summed E-state index contributed by atoms with van der Waals surface area (Å²) >= 11 is 3.36. The van der Waals surface area contributed by atoms with Crippen LogP contribution in [0.15, 0.2) is 33.2 Å². The Balaban J connectivity index is 1.91. The molecule has 0 aliphatic rings. The van der Waals surface area contributed by atoms with Crippen molar-refractivity contribution in [3.05, 3.63) is 51.6 Å². The Bertz CT molecular complexity index is 593. The summed E-state index contributed by atoms with van der Waals surface area (Å²) in [6.07, 6.45) is 0.642. The minimum absolute atomic E-state index is 0.0960. The molecule has 2 aromatic rings. The van der Waals surface area contributed by atoms with E-state index in [0.717, 1.165) is 15.9 Å². The highest BCUT2D eigenvalue weighted by molar-refractivity contribution is 9.10. The summed E-state index contributed by atoms with van der Waals surface area (Å²) in [5, 5.41) is 2.87. The molecule has 0 aliphatic carbocycles. The van der Waals surface area contributed by atoms with Crippen LogP contribution in [0.25, 0.3) is 0 Å². The molecule has 0 atom stereocenters. The van der Waals surface area contributed by atoms with E-state index < -0.39 is 0 Å². The van der Waals surface area contributed by atoms with Crippen LogP contribution in [0.2, 0.25) is 0 Å². The van der Waals surface area contributed by atoms with Gasteiger partial charge in [0, 0.05) is 24.4 Å². The molecule has 0 unspecified atom stereocenters. The zero-order valence-corrected chi connectivity index (χ0v) is 12.5. The lowest BCUT2D eigenvalue weighted by atomic mass is 10.2. The van der Waals surface area contributed by atoms with Gasteiger partial charge >= 0.3 is 0 Å². The topological polar surface area (TPSA) is 55.1 Å². The van der Waals surface area contributed by atoms with Gasteiger partial charge in [0.1, 0.15) is 5.76 Å². The van der Waals surface area contributed by atoms with Gasteiger partial charge in [0.2, 0.25) is 0 Å². The molecule has 0 radical (unpaired) electrons. The first-order chi connectivity index (χ1) is 9.08. The molecule has 2 rings (SSSR count). The van der Waals surface area contributed by atoms with Crippen LogP contribution >= 0.6 is 15.9 Å². The summed E-state index contributed by atoms with van der Waals surface area (Å²) in [5.41, 5.74) is 1.51. The van der Waals surface area contributed by atoms with Crippen LogP contribution in [0.4, 0.5) is 0 Å². The second-order valence-corrected chi connectivity index (χ2v) is 5.08. The highest BCUT2D eigenvalue weighted by Crippen LogP contribution is 2.15. The summed E-state index contributed by atoms with van der Waals surface area (Å²) in [6.45, 7) is 4.24. The molecule has 100 valence electrons. The second-order valence-electron chi connectivity index (χ2n) is 4.23. The fourth-order valence-electron chi connectivity index (χ4n) is 1.84. The monoisotopic (exact) mass is 322 g/mol. The molecule has 0 saturated carbocycles. The van der Waals surface area contributed by atoms with Crippen molar-refractivity contribution < 1.29 is 9.21 Å². The second kappa shape index (κ2) is 6.02. The molecular weight excluding hydrogens is 308 g/mol. The van der Waals surface area contributed by atoms with Gasteiger partial charge < -0.3 is 9.73 Å². The predicted molar refractivity (Wildman–Crippen MR) is 76.2 cm³/mol. The predicted octanol–water partition coefficient (Wildman–Crippen LogP) is 3.03. The standard InChI is InChI=1S/C14H15BrN2O2/c1-9-13(19-10(2)17-9)7-8-16-14(18)11-5-3-4-6-12(11)15/h3-6H,7-8H2,1-2H3,(H,16,18). The van der Waals surface area contributed by atoms with Gasteiger partial charge in [0.25, 0.3) is 5.91 Å². The van der Waals surface area contributed by atoms with Gasteiger partial charge in [-0.05, 0) is 35.0 Å². The van der Waals surface area contributed by atoms with E-state index in [1.165, 1.54) is 0 Å². The van der Waals surface area contributed by atoms with Crippen molar-refractivity contribution in [1.29, 1.82) is 0 Å². The van der Waals surface area contributed by atoms with Crippen LogP contribution in [0, 0.1) is 13.8 Å². The molecular formula is C14H15BrN2O2. The number of nitrogens with one attached hydrogen (secondary N) is 1. The molecule has 1 aromatic heterocycles. The van der Waals surface area contributed by atoms with Crippen LogP contribution < -0.4 is 5.32 Å². The van der Waals surface area contributed by atoms with E-state index in [1.54, 1.807) is 6.07 Å². The third-order valence-electron chi connectivity index (χ3n) is 2.76. The van der Waals surface area contributed by atoms with Crippen LogP contribution in [0.3, 0.4) is 0 Å². The Morgan fingerprint density at radius 3 is 2.74 bits per heavy atom. The van der Waals surface area contributed by atoms with Crippen molar-refractivity contribution in [3.63, 3.8) is 0 Å². The highest BCUT2D eigenvalue weighted by Gasteiger charge is 2.10. The molecule has 0 saturated heterocycles. The first kappa shape index (κ1) is 13.8. The number of rotatable bonds is 4. The van der Waals surface area contributed by atoms with Gasteiger partial charge in [-0.15, -0.1) is 0 Å². The largest absolute Gasteiger partial charge is 0.446 e. The summed E-state index contributed by atoms with van der Waals surface area (Å²) < 4.78 is 6.24. The van der Waals surface area contributed by atoms with E-state index in [2.05, 4.69) is 26.2 Å². The highest BCUT2D eigenvalue weighted by atomic mass is 79.9. The van der Waals surface area contributed by atoms with Gasteiger partial charge in [-0.1, -0.05) is 12.1 Å². The zero-order valence-electron chi connectivity index (χ0n) is 10.9. The number of carbonyl (C=O) groups excluding carboxylic acids is 1. The van der Waals surface area contributed by atoms with Crippen molar-refractivity contribution >= 4 is 21.8 Å². The van der Waals surface area contributed by atoms with Crippen LogP contribution in [-0.4, -0.2) is 17.4 Å². The van der Waals surface area contributed by atoms with Gasteiger partial charge in [-0.3, -0.25) is 4.79 Å². The van der Waals surface area contributed by atoms with Crippen molar-refractivity contribution in [2.45, 2.75) is 20.3 Å². The average Bonchev–Trinajstić information content (AvgIpc) is 2.68. The average molecular weight is 323 g/mol. The third kappa shape index (κ3) is 3.44. The van der Waals surface area contributed by atoms with Gasteiger partial charge in [0.05, 0.1) is 11.3 Å². The number of aromatic nitrogens is 1. The Morgan fingerprint density at radius 2 is 2.11 bits per heavy atom. The van der Waals surface area contributed by atoms with Gasteiger partial charge in [0.15, 0.2) is 5.89 Å². The maximum absolute atomic E-state index is 12.0. The molecule has 0 spiro atoms. The molecule has 5 heteroatoms. The first-order valence-electron chi connectivity index (χ1n) is 6.03. The summed E-state index contributed by atoms with van der Waals surface area (Å²) in [6, 6.07) is 7.34. The first-order valence-corrected chi connectivity index (χ1v) is 6.83. The van der Waals surface area contributed by atoms with E-state index >= 15 is 0 Å². The Kier molecular flexibility index (Phi) is 4.37. The molecule has 1 amide bonds. The minimum Gasteiger partial charge on any atom is -0.446 e. The van der Waals surface area contributed by atoms with Crippen molar-refractivity contribution in [1.82, 2.24) is 10.3 Å². The molecule has 19 heavy (non-hydrogen) atoms. The molecule has 1 heterocycles. The molecule has 0 fully saturated rings. The lowest BCUT2D eigenvalue weighted by Crippen LogP contribution is -2.26. The van der Waals surface area contributed by atoms with Crippen molar-refractivity contribution in [2.75, 3.05) is 6.54 Å². The normalized spacial score (nSPS) is 10.5. The third-order valence-corrected chi connectivity index (χ3v) is 3.45. The maximum atomic E-state index is 12.0. The van der Waals surface area contributed by atoms with Crippen LogP contribution in [0.1, 0.15) is 27.7 Å². The quantitative estimate of drug-likeness (QED) is 0.941. The van der Waals surface area contributed by atoms with Crippen molar-refractivity contribution in [2.24, 2.45) is 0 Å². The lowest BCUT2D eigenvalue weighted by molar-refractivity contribution is 0.0953. The van der Waals surface area contributed by atoms with E-state index in [-0.39, 0.29) is 5.91 Å². The SMILES string of the molecule is Cc1nc(C)c(CCNC(=O)c2ccccc2Br)o1. The number of amides is 1. The van der Waals surface area contributed by atoms with E-state index in [1.807, 2.05) is 32.0 Å². The van der Waals surface area contributed by atoms with E-state index in [0.29, 0.717) is 24.4 Å². The van der Waals surface area contributed by atoms with E-state index in [9.17, 15) is 4.79 Å². The lowest BCUT2D eigenvalue weighted by Gasteiger charge is -2.05. The number of nitrogens with zero attached hydrogens (tertiary/aromatic N) is 1. The molecule has 0 bridgehead atoms. The summed E-state index contributed by atoms with van der Waals surface area (Å²) in [5.74, 6) is 1.39. The number of hydrogen-bond acceptors (Lipinski definition) is 3. The molecule has 4 nitrogen and oxygen atoms in total. The Morgan fingerprint density at radius 1 is 1.37 bits per heavy atom. The molecule has 1 N–H and O–H groups in total. The number of halogens is 1. The number of benzene rings is 1.